The number of hydrogen-bond acceptors (Lipinski definition) is 5. The maximum Gasteiger partial charge on any atom is 0.472 e. The number of nitrogens with zero attached hydrogens (tertiary/aromatic N) is 1. The maximum atomic E-state index is 13.0. The van der Waals surface area contributed by atoms with Crippen LogP contribution in [0.1, 0.15) is 367 Å². The lowest BCUT2D eigenvalue weighted by molar-refractivity contribution is -0.870. The summed E-state index contributed by atoms with van der Waals surface area (Å²) in [5.41, 5.74) is 0. The third kappa shape index (κ3) is 62.7. The number of amides is 1. The lowest BCUT2D eigenvalue weighted by atomic mass is 10.0. The van der Waals surface area contributed by atoms with Crippen LogP contribution >= 0.6 is 7.82 Å². The summed E-state index contributed by atoms with van der Waals surface area (Å²) in [6, 6.07) is -0.843. The van der Waals surface area contributed by atoms with Gasteiger partial charge < -0.3 is 19.8 Å². The Bertz CT molecular complexity index is 1260. The molecule has 0 saturated carbocycles. The van der Waals surface area contributed by atoms with Crippen LogP contribution in [0, 0.1) is 0 Å². The Balaban J connectivity index is 3.96. The molecule has 77 heavy (non-hydrogen) atoms. The molecule has 0 radical (unpaired) electrons. The predicted molar refractivity (Wildman–Crippen MR) is 337 cm³/mol. The summed E-state index contributed by atoms with van der Waals surface area (Å²) in [5.74, 6) is -0.167. The van der Waals surface area contributed by atoms with Gasteiger partial charge in [0.2, 0.25) is 5.91 Å². The van der Waals surface area contributed by atoms with E-state index in [9.17, 15) is 19.4 Å². The van der Waals surface area contributed by atoms with E-state index < -0.39 is 20.0 Å². The summed E-state index contributed by atoms with van der Waals surface area (Å²) in [6.07, 6.45) is 76.5. The first-order valence-electron chi connectivity index (χ1n) is 34.6. The highest BCUT2D eigenvalue weighted by atomic mass is 31.2. The Morgan fingerprint density at radius 1 is 0.429 bits per heavy atom. The van der Waals surface area contributed by atoms with Crippen molar-refractivity contribution in [2.75, 3.05) is 40.9 Å². The molecule has 0 fully saturated rings. The van der Waals surface area contributed by atoms with Crippen molar-refractivity contribution in [3.8, 4) is 0 Å². The Hall–Kier alpha value is -0.760. The summed E-state index contributed by atoms with van der Waals surface area (Å²) in [6.45, 7) is 4.88. The van der Waals surface area contributed by atoms with Crippen LogP contribution in [0.2, 0.25) is 0 Å². The fraction of sp³-hybridized carbons (Fsp3) is 0.956. The monoisotopic (exact) mass is 1110 g/mol. The van der Waals surface area contributed by atoms with Gasteiger partial charge >= 0.3 is 7.82 Å². The van der Waals surface area contributed by atoms with Gasteiger partial charge in [0.1, 0.15) is 13.2 Å². The number of rotatable bonds is 65. The quantitative estimate of drug-likeness (QED) is 0.0243. The molecule has 3 atom stereocenters. The number of quaternary nitrogens is 1. The highest BCUT2D eigenvalue weighted by Crippen LogP contribution is 2.43. The van der Waals surface area contributed by atoms with Crippen molar-refractivity contribution < 1.29 is 32.9 Å². The molecule has 0 bridgehead atoms. The highest BCUT2D eigenvalue weighted by Gasteiger charge is 2.28. The zero-order chi connectivity index (χ0) is 56.3. The van der Waals surface area contributed by atoms with Crippen molar-refractivity contribution in [1.82, 2.24) is 5.32 Å². The SMILES string of the molecule is CCCCCCCCCCCCCCCCCCCC/C=C/C(O)C(COP(=O)(O)OCC[N+](C)(C)C)NC(=O)CCCCCCCCCCCCCCCCCCCCCCCCCCCCCCCCCCCCC. The molecular formula is C68H138N2O6P+. The number of unbranched alkanes of at least 4 members (excludes halogenated alkanes) is 52. The Morgan fingerprint density at radius 3 is 0.961 bits per heavy atom. The van der Waals surface area contributed by atoms with Crippen molar-refractivity contribution in [2.45, 2.75) is 379 Å². The molecule has 0 aromatic rings. The molecule has 0 aliphatic carbocycles. The second-order valence-electron chi connectivity index (χ2n) is 25.3. The molecule has 0 aliphatic rings. The number of carbonyl (C=O) groups is 1. The lowest BCUT2D eigenvalue weighted by Gasteiger charge is -2.25. The van der Waals surface area contributed by atoms with Crippen molar-refractivity contribution in [3.05, 3.63) is 12.2 Å². The summed E-state index contributed by atoms with van der Waals surface area (Å²) < 4.78 is 23.8. The van der Waals surface area contributed by atoms with E-state index in [0.717, 1.165) is 32.1 Å². The fourth-order valence-electron chi connectivity index (χ4n) is 10.9. The number of allylic oxidation sites excluding steroid dienone is 1. The maximum absolute atomic E-state index is 13.0. The van der Waals surface area contributed by atoms with Gasteiger partial charge in [-0.05, 0) is 19.3 Å². The van der Waals surface area contributed by atoms with Crippen LogP contribution in [0.4, 0.5) is 0 Å². The average Bonchev–Trinajstić information content (AvgIpc) is 3.39. The van der Waals surface area contributed by atoms with Gasteiger partial charge in [-0.1, -0.05) is 353 Å². The topological polar surface area (TPSA) is 105 Å². The summed E-state index contributed by atoms with van der Waals surface area (Å²) >= 11 is 0. The molecule has 9 heteroatoms. The zero-order valence-corrected chi connectivity index (χ0v) is 53.6. The van der Waals surface area contributed by atoms with Gasteiger partial charge in [0.05, 0.1) is 39.9 Å². The second kappa shape index (κ2) is 59.8. The average molecular weight is 1110 g/mol. The van der Waals surface area contributed by atoms with E-state index >= 15 is 0 Å². The molecule has 3 unspecified atom stereocenters. The van der Waals surface area contributed by atoms with E-state index in [0.29, 0.717) is 17.4 Å². The van der Waals surface area contributed by atoms with Gasteiger partial charge in [0, 0.05) is 6.42 Å². The molecule has 0 rings (SSSR count). The van der Waals surface area contributed by atoms with Gasteiger partial charge in [0.15, 0.2) is 0 Å². The first kappa shape index (κ1) is 76.2. The number of carbonyl (C=O) groups excluding carboxylic acids is 1. The van der Waals surface area contributed by atoms with Gasteiger partial charge in [-0.3, -0.25) is 13.8 Å². The van der Waals surface area contributed by atoms with Gasteiger partial charge in [-0.15, -0.1) is 0 Å². The van der Waals surface area contributed by atoms with Crippen LogP contribution < -0.4 is 5.32 Å². The number of hydrogen-bond donors (Lipinski definition) is 3. The predicted octanol–water partition coefficient (Wildman–Crippen LogP) is 21.7. The first-order chi connectivity index (χ1) is 37.5. The number of aliphatic hydroxyl groups excluding tert-OH is 1. The standard InChI is InChI=1S/C68H137N2O6P/c1-6-8-10-12-14-16-18-20-22-24-26-28-29-30-31-32-33-34-35-36-37-38-39-40-41-42-44-46-48-50-52-54-56-58-60-62-68(72)69-66(65-76-77(73,74)75-64-63-70(3,4)5)67(71)61-59-57-55-53-51-49-47-45-43-27-25-23-21-19-17-15-13-11-9-7-2/h59,61,66-67,71H,6-58,60,62-65H2,1-5H3,(H-,69,72,73,74)/p+1/b61-59+. The normalized spacial score (nSPS) is 13.7. The highest BCUT2D eigenvalue weighted by molar-refractivity contribution is 7.47. The molecular weight excluding hydrogens is 972 g/mol. The van der Waals surface area contributed by atoms with Crippen molar-refractivity contribution >= 4 is 13.7 Å². The number of phosphoric acid groups is 1. The zero-order valence-electron chi connectivity index (χ0n) is 52.7. The molecule has 0 aromatic carbocycles. The van der Waals surface area contributed by atoms with Gasteiger partial charge in [0.25, 0.3) is 0 Å². The molecule has 0 saturated heterocycles. The first-order valence-corrected chi connectivity index (χ1v) is 36.1. The molecule has 1 amide bonds. The largest absolute Gasteiger partial charge is 0.472 e. The number of likely N-dealkylation sites (N-methyl/N-ethyl adjacent to an activating group) is 1. The molecule has 0 spiro atoms. The number of phosphoric ester groups is 1. The minimum Gasteiger partial charge on any atom is -0.387 e. The Labute approximate surface area is 482 Å². The van der Waals surface area contributed by atoms with Crippen LogP contribution in [-0.2, 0) is 18.4 Å². The number of aliphatic hydroxyl groups is 1. The van der Waals surface area contributed by atoms with E-state index in [1.54, 1.807) is 6.08 Å². The molecule has 0 aliphatic heterocycles. The summed E-state index contributed by atoms with van der Waals surface area (Å²) in [4.78, 5) is 23.4. The molecule has 0 aromatic heterocycles. The third-order valence-corrected chi connectivity index (χ3v) is 17.2. The minimum atomic E-state index is -4.35. The Morgan fingerprint density at radius 2 is 0.688 bits per heavy atom. The Kier molecular flexibility index (Phi) is 59.3. The van der Waals surface area contributed by atoms with Crippen LogP contribution in [-0.4, -0.2) is 73.4 Å². The molecule has 8 nitrogen and oxygen atoms in total. The van der Waals surface area contributed by atoms with E-state index in [1.807, 2.05) is 27.2 Å². The third-order valence-electron chi connectivity index (χ3n) is 16.3. The van der Waals surface area contributed by atoms with Crippen LogP contribution in [0.25, 0.3) is 0 Å². The van der Waals surface area contributed by atoms with Gasteiger partial charge in [-0.25, -0.2) is 4.57 Å². The smallest absolute Gasteiger partial charge is 0.387 e. The van der Waals surface area contributed by atoms with Crippen molar-refractivity contribution in [2.24, 2.45) is 0 Å². The van der Waals surface area contributed by atoms with Crippen LogP contribution in [0.15, 0.2) is 12.2 Å². The van der Waals surface area contributed by atoms with E-state index in [1.165, 1.54) is 315 Å². The van der Waals surface area contributed by atoms with E-state index in [4.69, 9.17) is 9.05 Å². The molecule has 0 heterocycles. The van der Waals surface area contributed by atoms with Crippen LogP contribution in [0.5, 0.6) is 0 Å². The lowest BCUT2D eigenvalue weighted by Crippen LogP contribution is -2.45. The molecule has 460 valence electrons. The summed E-state index contributed by atoms with van der Waals surface area (Å²) in [5, 5.41) is 14.0. The van der Waals surface area contributed by atoms with Crippen molar-refractivity contribution in [1.29, 1.82) is 0 Å². The fourth-order valence-corrected chi connectivity index (χ4v) is 11.6. The van der Waals surface area contributed by atoms with Crippen molar-refractivity contribution in [3.63, 3.8) is 0 Å². The second-order valence-corrected chi connectivity index (χ2v) is 26.7. The molecule has 3 N–H and O–H groups in total. The number of nitrogens with one attached hydrogen (secondary N) is 1. The van der Waals surface area contributed by atoms with Gasteiger partial charge in [-0.2, -0.15) is 0 Å². The summed E-state index contributed by atoms with van der Waals surface area (Å²) in [7, 11) is 1.59. The minimum absolute atomic E-state index is 0.0654. The van der Waals surface area contributed by atoms with Crippen LogP contribution in [0.3, 0.4) is 0 Å². The van der Waals surface area contributed by atoms with E-state index in [2.05, 4.69) is 19.2 Å². The van der Waals surface area contributed by atoms with E-state index in [-0.39, 0.29) is 19.1 Å².